The molecule has 0 radical (unpaired) electrons. The third kappa shape index (κ3) is 3.24. The Bertz CT molecular complexity index is 734. The Morgan fingerprint density at radius 2 is 1.68 bits per heavy atom. The zero-order valence-electron chi connectivity index (χ0n) is 9.67. The minimum atomic E-state index is -3.67. The summed E-state index contributed by atoms with van der Waals surface area (Å²) in [5.74, 6) is 0. The van der Waals surface area contributed by atoms with Crippen LogP contribution in [0.3, 0.4) is 0 Å². The highest BCUT2D eigenvalue weighted by Gasteiger charge is 2.15. The summed E-state index contributed by atoms with van der Waals surface area (Å²) >= 11 is 2.10. The van der Waals surface area contributed by atoms with Gasteiger partial charge in [-0.15, -0.1) is 0 Å². The molecule has 0 saturated heterocycles. The average molecular weight is 384 g/mol. The topological polar surface area (TPSA) is 70.0 Å². The van der Waals surface area contributed by atoms with Crippen molar-refractivity contribution in [1.82, 2.24) is 0 Å². The van der Waals surface area contributed by atoms with Gasteiger partial charge in [-0.2, -0.15) is 5.26 Å². The first kappa shape index (κ1) is 13.8. The molecule has 19 heavy (non-hydrogen) atoms. The summed E-state index contributed by atoms with van der Waals surface area (Å²) in [4.78, 5) is 0.167. The summed E-state index contributed by atoms with van der Waals surface area (Å²) in [6, 6.07) is 14.9. The van der Waals surface area contributed by atoms with Gasteiger partial charge in [0, 0.05) is 3.57 Å². The van der Waals surface area contributed by atoms with Crippen molar-refractivity contribution < 1.29 is 8.42 Å². The molecule has 1 N–H and O–H groups in total. The fraction of sp³-hybridized carbons (Fsp3) is 0. The normalized spacial score (nSPS) is 10.7. The Morgan fingerprint density at radius 3 is 2.32 bits per heavy atom. The van der Waals surface area contributed by atoms with Crippen molar-refractivity contribution in [2.75, 3.05) is 4.72 Å². The summed E-state index contributed by atoms with van der Waals surface area (Å²) in [5.41, 5.74) is 0.570. The van der Waals surface area contributed by atoms with Crippen molar-refractivity contribution >= 4 is 38.3 Å². The van der Waals surface area contributed by atoms with E-state index in [-0.39, 0.29) is 16.1 Å². The van der Waals surface area contributed by atoms with Gasteiger partial charge in [0.05, 0.1) is 16.1 Å². The molecule has 0 atom stereocenters. The molecular weight excluding hydrogens is 375 g/mol. The number of nitrogens with zero attached hydrogens (tertiary/aromatic N) is 1. The van der Waals surface area contributed by atoms with E-state index in [1.165, 1.54) is 12.1 Å². The second-order valence-electron chi connectivity index (χ2n) is 3.72. The van der Waals surface area contributed by atoms with Gasteiger partial charge < -0.3 is 0 Å². The van der Waals surface area contributed by atoms with Gasteiger partial charge in [-0.25, -0.2) is 8.42 Å². The van der Waals surface area contributed by atoms with Crippen LogP contribution >= 0.6 is 22.6 Å². The van der Waals surface area contributed by atoms with E-state index in [1.807, 2.05) is 6.07 Å². The van der Waals surface area contributed by atoms with Gasteiger partial charge in [0.15, 0.2) is 0 Å². The molecule has 0 bridgehead atoms. The number of rotatable bonds is 3. The predicted molar refractivity (Wildman–Crippen MR) is 81.1 cm³/mol. The molecule has 0 amide bonds. The molecule has 2 rings (SSSR count). The van der Waals surface area contributed by atoms with Crippen LogP contribution in [-0.2, 0) is 10.0 Å². The SMILES string of the molecule is N#Cc1ccccc1NS(=O)(=O)c1ccc(I)cc1. The van der Waals surface area contributed by atoms with Crippen molar-refractivity contribution in [3.8, 4) is 6.07 Å². The number of anilines is 1. The van der Waals surface area contributed by atoms with Crippen molar-refractivity contribution in [2.24, 2.45) is 0 Å². The molecule has 2 aromatic carbocycles. The number of para-hydroxylation sites is 1. The van der Waals surface area contributed by atoms with Crippen LogP contribution in [0.25, 0.3) is 0 Å². The molecule has 0 saturated carbocycles. The van der Waals surface area contributed by atoms with Crippen LogP contribution in [0.15, 0.2) is 53.4 Å². The molecule has 0 aliphatic carbocycles. The third-order valence-electron chi connectivity index (χ3n) is 2.42. The van der Waals surface area contributed by atoms with Crippen molar-refractivity contribution in [3.63, 3.8) is 0 Å². The third-order valence-corrected chi connectivity index (χ3v) is 4.52. The Morgan fingerprint density at radius 1 is 1.05 bits per heavy atom. The number of halogens is 1. The number of nitriles is 1. The summed E-state index contributed by atoms with van der Waals surface area (Å²) < 4.78 is 27.7. The second-order valence-corrected chi connectivity index (χ2v) is 6.64. The molecule has 0 fully saturated rings. The van der Waals surface area contributed by atoms with Crippen LogP contribution in [0.2, 0.25) is 0 Å². The Kier molecular flexibility index (Phi) is 4.07. The number of benzene rings is 2. The van der Waals surface area contributed by atoms with E-state index in [1.54, 1.807) is 36.4 Å². The van der Waals surface area contributed by atoms with Crippen LogP contribution in [-0.4, -0.2) is 8.42 Å². The van der Waals surface area contributed by atoms with Gasteiger partial charge >= 0.3 is 0 Å². The van der Waals surface area contributed by atoms with Crippen LogP contribution in [0.1, 0.15) is 5.56 Å². The first-order valence-electron chi connectivity index (χ1n) is 5.30. The van der Waals surface area contributed by atoms with Gasteiger partial charge in [-0.1, -0.05) is 12.1 Å². The van der Waals surface area contributed by atoms with E-state index >= 15 is 0 Å². The molecule has 0 aromatic heterocycles. The second kappa shape index (κ2) is 5.59. The molecule has 0 unspecified atom stereocenters. The largest absolute Gasteiger partial charge is 0.278 e. The van der Waals surface area contributed by atoms with E-state index < -0.39 is 10.0 Å². The summed E-state index contributed by atoms with van der Waals surface area (Å²) in [7, 11) is -3.67. The van der Waals surface area contributed by atoms with Crippen LogP contribution in [0, 0.1) is 14.9 Å². The minimum absolute atomic E-state index is 0.167. The zero-order valence-corrected chi connectivity index (χ0v) is 12.6. The Hall–Kier alpha value is -1.59. The fourth-order valence-electron chi connectivity index (χ4n) is 1.49. The number of hydrogen-bond donors (Lipinski definition) is 1. The number of sulfonamides is 1. The fourth-order valence-corrected chi connectivity index (χ4v) is 2.93. The highest BCUT2D eigenvalue weighted by molar-refractivity contribution is 14.1. The van der Waals surface area contributed by atoms with Gasteiger partial charge in [0.2, 0.25) is 0 Å². The highest BCUT2D eigenvalue weighted by Crippen LogP contribution is 2.20. The van der Waals surface area contributed by atoms with E-state index in [0.717, 1.165) is 3.57 Å². The lowest BCUT2D eigenvalue weighted by molar-refractivity contribution is 0.601. The molecule has 2 aromatic rings. The van der Waals surface area contributed by atoms with Crippen LogP contribution in [0.5, 0.6) is 0 Å². The van der Waals surface area contributed by atoms with Crippen LogP contribution in [0.4, 0.5) is 5.69 Å². The molecule has 96 valence electrons. The highest BCUT2D eigenvalue weighted by atomic mass is 127. The molecule has 0 aliphatic heterocycles. The lowest BCUT2D eigenvalue weighted by Crippen LogP contribution is -2.13. The lowest BCUT2D eigenvalue weighted by atomic mass is 10.2. The predicted octanol–water partition coefficient (Wildman–Crippen LogP) is 2.96. The lowest BCUT2D eigenvalue weighted by Gasteiger charge is -2.09. The first-order valence-corrected chi connectivity index (χ1v) is 7.86. The Labute approximate surface area is 125 Å². The summed E-state index contributed by atoms with van der Waals surface area (Å²) in [6.07, 6.45) is 0. The minimum Gasteiger partial charge on any atom is -0.278 e. The molecule has 0 aliphatic rings. The van der Waals surface area contributed by atoms with Crippen molar-refractivity contribution in [1.29, 1.82) is 5.26 Å². The van der Waals surface area contributed by atoms with Crippen molar-refractivity contribution in [2.45, 2.75) is 4.90 Å². The first-order chi connectivity index (χ1) is 9.03. The van der Waals surface area contributed by atoms with Gasteiger partial charge in [0.25, 0.3) is 10.0 Å². The monoisotopic (exact) mass is 384 g/mol. The van der Waals surface area contributed by atoms with Gasteiger partial charge in [-0.05, 0) is 59.0 Å². The number of hydrogen-bond acceptors (Lipinski definition) is 3. The van der Waals surface area contributed by atoms with Gasteiger partial charge in [-0.3, -0.25) is 4.72 Å². The molecular formula is C13H9IN2O2S. The quantitative estimate of drug-likeness (QED) is 0.828. The molecule has 6 heteroatoms. The van der Waals surface area contributed by atoms with Gasteiger partial charge in [0.1, 0.15) is 6.07 Å². The smallest absolute Gasteiger partial charge is 0.261 e. The van der Waals surface area contributed by atoms with Crippen LogP contribution < -0.4 is 4.72 Å². The molecule has 4 nitrogen and oxygen atoms in total. The maximum Gasteiger partial charge on any atom is 0.261 e. The maximum absolute atomic E-state index is 12.2. The summed E-state index contributed by atoms with van der Waals surface area (Å²) in [6.45, 7) is 0. The molecule has 0 spiro atoms. The van der Waals surface area contributed by atoms with E-state index in [9.17, 15) is 8.42 Å². The zero-order chi connectivity index (χ0) is 13.9. The van der Waals surface area contributed by atoms with Crippen molar-refractivity contribution in [3.05, 3.63) is 57.7 Å². The standard InChI is InChI=1S/C13H9IN2O2S/c14-11-5-7-12(8-6-11)19(17,18)16-13-4-2-1-3-10(13)9-15/h1-8,16H. The van der Waals surface area contributed by atoms with E-state index in [0.29, 0.717) is 0 Å². The van der Waals surface area contributed by atoms with E-state index in [2.05, 4.69) is 27.3 Å². The molecule has 0 heterocycles. The average Bonchev–Trinajstić information content (AvgIpc) is 2.39. The maximum atomic E-state index is 12.2. The number of nitrogens with one attached hydrogen (secondary N) is 1. The Balaban J connectivity index is 2.37. The van der Waals surface area contributed by atoms with E-state index in [4.69, 9.17) is 5.26 Å². The summed E-state index contributed by atoms with van der Waals surface area (Å²) in [5, 5.41) is 8.94.